The standard InChI is InChI=1S/C24H30N2O3S/c1-23-11-10-16-14(15(23)7-8-17(23)18-5-3-4-12-25-18)6-9-20-24(16,2)13-19(21(27)26-20)30-22(28)29/h3-5,12-17,20H,6-11H2,1-2H3,(H,26,27)(H,28,29)/t14-,15-,16+,17?,20?,23-,24+/m0/s1. The number of carbonyl (C=O) groups is 2. The predicted molar refractivity (Wildman–Crippen MR) is 117 cm³/mol. The lowest BCUT2D eigenvalue weighted by Crippen LogP contribution is -2.59. The maximum absolute atomic E-state index is 12.4. The molecule has 5 nitrogen and oxygen atoms in total. The number of nitrogens with zero attached hydrogens (tertiary/aromatic N) is 1. The number of hydrogen-bond acceptors (Lipinski definition) is 4. The number of nitrogens with one attached hydrogen (secondary N) is 1. The highest BCUT2D eigenvalue weighted by atomic mass is 32.2. The molecule has 1 aromatic rings. The minimum absolute atomic E-state index is 0.113. The number of carbonyl (C=O) groups excluding carboxylic acids is 1. The topological polar surface area (TPSA) is 79.3 Å². The van der Waals surface area contributed by atoms with E-state index in [-0.39, 0.29) is 22.8 Å². The average molecular weight is 427 g/mol. The molecule has 160 valence electrons. The molecule has 0 aromatic carbocycles. The lowest BCUT2D eigenvalue weighted by atomic mass is 9.48. The van der Waals surface area contributed by atoms with E-state index in [4.69, 9.17) is 4.98 Å². The zero-order valence-electron chi connectivity index (χ0n) is 17.6. The summed E-state index contributed by atoms with van der Waals surface area (Å²) in [6.07, 6.45) is 10.8. The highest BCUT2D eigenvalue weighted by Crippen LogP contribution is 2.67. The van der Waals surface area contributed by atoms with Gasteiger partial charge in [0.05, 0.1) is 4.91 Å². The van der Waals surface area contributed by atoms with Crippen LogP contribution in [0.3, 0.4) is 0 Å². The van der Waals surface area contributed by atoms with Gasteiger partial charge in [-0.25, -0.2) is 4.79 Å². The number of pyridine rings is 1. The van der Waals surface area contributed by atoms with E-state index in [1.807, 2.05) is 18.3 Å². The first-order chi connectivity index (χ1) is 14.3. The number of hydrogen-bond donors (Lipinski definition) is 2. The molecular formula is C24H30N2O3S. The Bertz CT molecular complexity index is 903. The fraction of sp³-hybridized carbons (Fsp3) is 0.625. The van der Waals surface area contributed by atoms with E-state index >= 15 is 0 Å². The van der Waals surface area contributed by atoms with Crippen LogP contribution in [-0.4, -0.2) is 27.3 Å². The lowest BCUT2D eigenvalue weighted by molar-refractivity contribution is -0.122. The molecule has 0 saturated heterocycles. The Labute approximate surface area is 182 Å². The van der Waals surface area contributed by atoms with Crippen LogP contribution in [0.1, 0.15) is 64.0 Å². The third-order valence-electron chi connectivity index (χ3n) is 8.99. The van der Waals surface area contributed by atoms with Crippen LogP contribution in [0.15, 0.2) is 35.4 Å². The molecular weight excluding hydrogens is 396 g/mol. The number of amides is 1. The Morgan fingerprint density at radius 3 is 2.73 bits per heavy atom. The van der Waals surface area contributed by atoms with Gasteiger partial charge < -0.3 is 10.4 Å². The van der Waals surface area contributed by atoms with Crippen LogP contribution in [0, 0.1) is 28.6 Å². The van der Waals surface area contributed by atoms with Crippen LogP contribution in [0.5, 0.6) is 0 Å². The molecule has 30 heavy (non-hydrogen) atoms. The van der Waals surface area contributed by atoms with Crippen LogP contribution in [0.2, 0.25) is 0 Å². The first kappa shape index (κ1) is 20.1. The number of carboxylic acid groups (broad SMARTS) is 1. The van der Waals surface area contributed by atoms with E-state index in [9.17, 15) is 14.7 Å². The predicted octanol–water partition coefficient (Wildman–Crippen LogP) is 5.20. The largest absolute Gasteiger partial charge is 0.473 e. The Morgan fingerprint density at radius 2 is 2.00 bits per heavy atom. The van der Waals surface area contributed by atoms with Gasteiger partial charge in [0.2, 0.25) is 0 Å². The maximum atomic E-state index is 12.4. The van der Waals surface area contributed by atoms with Gasteiger partial charge in [-0.2, -0.15) is 0 Å². The van der Waals surface area contributed by atoms with Crippen LogP contribution in [0.4, 0.5) is 4.79 Å². The lowest BCUT2D eigenvalue weighted by Gasteiger charge is -2.59. The van der Waals surface area contributed by atoms with E-state index in [1.54, 1.807) is 0 Å². The van der Waals surface area contributed by atoms with Gasteiger partial charge in [0, 0.05) is 29.3 Å². The average Bonchev–Trinajstić information content (AvgIpc) is 3.06. The summed E-state index contributed by atoms with van der Waals surface area (Å²) >= 11 is 0.651. The Kier molecular flexibility index (Phi) is 4.77. The monoisotopic (exact) mass is 426 g/mol. The number of fused-ring (bicyclic) bond motifs is 5. The minimum Gasteiger partial charge on any atom is -0.473 e. The summed E-state index contributed by atoms with van der Waals surface area (Å²) in [6, 6.07) is 6.40. The highest BCUT2D eigenvalue weighted by molar-refractivity contribution is 8.17. The van der Waals surface area contributed by atoms with E-state index in [0.29, 0.717) is 40.3 Å². The van der Waals surface area contributed by atoms with Crippen LogP contribution in [0.25, 0.3) is 0 Å². The van der Waals surface area contributed by atoms with Gasteiger partial charge in [-0.1, -0.05) is 26.0 Å². The zero-order chi connectivity index (χ0) is 21.1. The molecule has 1 aliphatic heterocycles. The molecule has 4 aliphatic rings. The molecule has 1 amide bonds. The summed E-state index contributed by atoms with van der Waals surface area (Å²) in [5.74, 6) is 2.08. The molecule has 2 N–H and O–H groups in total. The number of aromatic nitrogens is 1. The molecule has 7 atom stereocenters. The molecule has 6 heteroatoms. The van der Waals surface area contributed by atoms with E-state index in [1.165, 1.54) is 25.0 Å². The summed E-state index contributed by atoms with van der Waals surface area (Å²) < 4.78 is 0. The van der Waals surface area contributed by atoms with E-state index in [2.05, 4.69) is 31.3 Å². The van der Waals surface area contributed by atoms with Crippen molar-refractivity contribution in [3.63, 3.8) is 0 Å². The smallest absolute Gasteiger partial charge is 0.369 e. The summed E-state index contributed by atoms with van der Waals surface area (Å²) in [4.78, 5) is 28.8. The van der Waals surface area contributed by atoms with E-state index in [0.717, 1.165) is 19.3 Å². The number of thioether (sulfide) groups is 1. The Balaban J connectivity index is 1.46. The fourth-order valence-electron chi connectivity index (χ4n) is 7.64. The fourth-order valence-corrected chi connectivity index (χ4v) is 8.29. The molecule has 0 radical (unpaired) electrons. The molecule has 1 aromatic heterocycles. The van der Waals surface area contributed by atoms with E-state index < -0.39 is 5.30 Å². The highest BCUT2D eigenvalue weighted by Gasteiger charge is 2.60. The normalized spacial score (nSPS) is 42.4. The quantitative estimate of drug-likeness (QED) is 0.679. The van der Waals surface area contributed by atoms with Gasteiger partial charge in [-0.15, -0.1) is 0 Å². The van der Waals surface area contributed by atoms with Crippen molar-refractivity contribution in [2.45, 2.75) is 64.3 Å². The van der Waals surface area contributed by atoms with Gasteiger partial charge in [0.1, 0.15) is 0 Å². The van der Waals surface area contributed by atoms with Crippen LogP contribution in [-0.2, 0) is 4.79 Å². The summed E-state index contributed by atoms with van der Waals surface area (Å²) in [5.41, 5.74) is 1.35. The van der Waals surface area contributed by atoms with Gasteiger partial charge in [0.15, 0.2) is 0 Å². The Morgan fingerprint density at radius 1 is 1.17 bits per heavy atom. The second-order valence-corrected chi connectivity index (χ2v) is 11.1. The molecule has 3 saturated carbocycles. The van der Waals surface area contributed by atoms with Gasteiger partial charge >= 0.3 is 5.30 Å². The summed E-state index contributed by atoms with van der Waals surface area (Å²) in [6.45, 7) is 4.74. The molecule has 0 bridgehead atoms. The van der Waals surface area contributed by atoms with Gasteiger partial charge in [-0.3, -0.25) is 9.78 Å². The maximum Gasteiger partial charge on any atom is 0.369 e. The van der Waals surface area contributed by atoms with Gasteiger partial charge in [-0.05, 0) is 85.6 Å². The third-order valence-corrected chi connectivity index (χ3v) is 9.69. The van der Waals surface area contributed by atoms with Crippen molar-refractivity contribution in [3.05, 3.63) is 41.1 Å². The van der Waals surface area contributed by atoms with Crippen LogP contribution < -0.4 is 5.32 Å². The molecule has 3 aliphatic carbocycles. The first-order valence-corrected chi connectivity index (χ1v) is 12.0. The van der Waals surface area contributed by atoms with Gasteiger partial charge in [0.25, 0.3) is 5.91 Å². The molecule has 2 heterocycles. The Hall–Kier alpha value is -1.82. The number of rotatable bonds is 2. The first-order valence-electron chi connectivity index (χ1n) is 11.2. The molecule has 0 spiro atoms. The second-order valence-electron chi connectivity index (χ2n) is 10.2. The van der Waals surface area contributed by atoms with Crippen LogP contribution >= 0.6 is 11.8 Å². The van der Waals surface area contributed by atoms with Crippen molar-refractivity contribution in [2.75, 3.05) is 0 Å². The van der Waals surface area contributed by atoms with Crippen molar-refractivity contribution in [3.8, 4) is 0 Å². The SMILES string of the molecule is C[C@]12C=C(SC(=O)O)C(=O)NC1CC[C@@H]1[C@H]2CC[C@]2(C)C(c3ccccn3)CC[C@@H]12. The third kappa shape index (κ3) is 2.94. The molecule has 3 fully saturated rings. The van der Waals surface area contributed by atoms with Crippen molar-refractivity contribution < 1.29 is 14.7 Å². The molecule has 2 unspecified atom stereocenters. The van der Waals surface area contributed by atoms with Crippen molar-refractivity contribution >= 4 is 23.0 Å². The zero-order valence-corrected chi connectivity index (χ0v) is 18.5. The van der Waals surface area contributed by atoms with Crippen molar-refractivity contribution in [1.82, 2.24) is 10.3 Å². The summed E-state index contributed by atoms with van der Waals surface area (Å²) in [7, 11) is 0. The summed E-state index contributed by atoms with van der Waals surface area (Å²) in [5, 5.41) is 11.4. The minimum atomic E-state index is -1.02. The second kappa shape index (κ2) is 7.11. The van der Waals surface area contributed by atoms with Crippen molar-refractivity contribution in [2.24, 2.45) is 28.6 Å². The molecule has 5 rings (SSSR count). The van der Waals surface area contributed by atoms with Crippen molar-refractivity contribution in [1.29, 1.82) is 0 Å².